The van der Waals surface area contributed by atoms with Crippen molar-refractivity contribution in [2.24, 2.45) is 0 Å². The predicted octanol–water partition coefficient (Wildman–Crippen LogP) is 2.85. The Morgan fingerprint density at radius 3 is 3.00 bits per heavy atom. The highest BCUT2D eigenvalue weighted by atomic mass is 19.1. The van der Waals surface area contributed by atoms with Crippen molar-refractivity contribution >= 4 is 22.4 Å². The maximum atomic E-state index is 13.9. The van der Waals surface area contributed by atoms with Gasteiger partial charge in [-0.1, -0.05) is 0 Å². The van der Waals surface area contributed by atoms with Crippen LogP contribution >= 0.6 is 0 Å². The summed E-state index contributed by atoms with van der Waals surface area (Å²) in [6.45, 7) is 1.50. The van der Waals surface area contributed by atoms with Gasteiger partial charge in [-0.2, -0.15) is 0 Å². The Balaban J connectivity index is 1.53. The molecule has 5 nitrogen and oxygen atoms in total. The van der Waals surface area contributed by atoms with Crippen LogP contribution in [0.1, 0.15) is 6.42 Å². The summed E-state index contributed by atoms with van der Waals surface area (Å²) in [5, 5.41) is 4.53. The molecule has 0 bridgehead atoms. The van der Waals surface area contributed by atoms with E-state index in [-0.39, 0.29) is 11.9 Å². The lowest BCUT2D eigenvalue weighted by atomic mass is 10.2. The summed E-state index contributed by atoms with van der Waals surface area (Å²) in [5.74, 6) is 0.157. The van der Waals surface area contributed by atoms with E-state index in [0.717, 1.165) is 36.1 Å². The second-order valence-corrected chi connectivity index (χ2v) is 5.64. The van der Waals surface area contributed by atoms with Gasteiger partial charge in [0.15, 0.2) is 11.6 Å². The third-order valence-electron chi connectivity index (χ3n) is 4.13. The number of aromatic nitrogens is 3. The monoisotopic (exact) mass is 309 g/mol. The highest BCUT2D eigenvalue weighted by Gasteiger charge is 2.25. The Morgan fingerprint density at radius 1 is 1.13 bits per heavy atom. The third kappa shape index (κ3) is 2.67. The molecule has 0 radical (unpaired) electrons. The van der Waals surface area contributed by atoms with Gasteiger partial charge in [-0.05, 0) is 30.7 Å². The minimum atomic E-state index is -0.272. The van der Waals surface area contributed by atoms with Crippen LogP contribution in [0, 0.1) is 5.82 Å². The SMILES string of the molecule is Fc1cccnc1N1CCC(Nc2ccnc3ccncc23)C1. The van der Waals surface area contributed by atoms with Crippen LogP contribution < -0.4 is 10.2 Å². The zero-order valence-electron chi connectivity index (χ0n) is 12.5. The van der Waals surface area contributed by atoms with Gasteiger partial charge in [-0.15, -0.1) is 0 Å². The highest BCUT2D eigenvalue weighted by molar-refractivity contribution is 5.90. The Labute approximate surface area is 133 Å². The zero-order chi connectivity index (χ0) is 15.6. The summed E-state index contributed by atoms with van der Waals surface area (Å²) in [7, 11) is 0. The van der Waals surface area contributed by atoms with Gasteiger partial charge in [0.25, 0.3) is 0 Å². The van der Waals surface area contributed by atoms with E-state index in [1.165, 1.54) is 6.07 Å². The largest absolute Gasteiger partial charge is 0.380 e. The number of hydrogen-bond donors (Lipinski definition) is 1. The third-order valence-corrected chi connectivity index (χ3v) is 4.13. The van der Waals surface area contributed by atoms with Crippen molar-refractivity contribution in [3.05, 3.63) is 54.9 Å². The molecule has 4 rings (SSSR count). The highest BCUT2D eigenvalue weighted by Crippen LogP contribution is 2.25. The van der Waals surface area contributed by atoms with Crippen LogP contribution in [0.3, 0.4) is 0 Å². The Kier molecular flexibility index (Phi) is 3.49. The molecular formula is C17H16FN5. The molecule has 23 heavy (non-hydrogen) atoms. The summed E-state index contributed by atoms with van der Waals surface area (Å²) in [4.78, 5) is 14.6. The van der Waals surface area contributed by atoms with E-state index >= 15 is 0 Å². The first kappa shape index (κ1) is 13.9. The fourth-order valence-electron chi connectivity index (χ4n) is 3.02. The van der Waals surface area contributed by atoms with E-state index in [0.29, 0.717) is 5.82 Å². The Hall–Kier alpha value is -2.76. The molecule has 116 valence electrons. The van der Waals surface area contributed by atoms with Crippen LogP contribution in [0.15, 0.2) is 49.1 Å². The maximum absolute atomic E-state index is 13.9. The first-order chi connectivity index (χ1) is 11.3. The molecule has 4 heterocycles. The predicted molar refractivity (Wildman–Crippen MR) is 88.0 cm³/mol. The number of nitrogens with zero attached hydrogens (tertiary/aromatic N) is 4. The van der Waals surface area contributed by atoms with Crippen LogP contribution in [0.5, 0.6) is 0 Å². The van der Waals surface area contributed by atoms with E-state index in [1.54, 1.807) is 24.7 Å². The summed E-state index contributed by atoms with van der Waals surface area (Å²) in [6.07, 6.45) is 7.90. The molecular weight excluding hydrogens is 293 g/mol. The molecule has 0 aliphatic carbocycles. The number of pyridine rings is 3. The number of rotatable bonds is 3. The van der Waals surface area contributed by atoms with E-state index in [9.17, 15) is 4.39 Å². The van der Waals surface area contributed by atoms with Gasteiger partial charge in [0.05, 0.1) is 5.52 Å². The van der Waals surface area contributed by atoms with Gasteiger partial charge < -0.3 is 10.2 Å². The summed E-state index contributed by atoms with van der Waals surface area (Å²) < 4.78 is 13.9. The Morgan fingerprint density at radius 2 is 2.09 bits per heavy atom. The van der Waals surface area contributed by atoms with Crippen molar-refractivity contribution in [3.8, 4) is 0 Å². The number of halogens is 1. The average molecular weight is 309 g/mol. The first-order valence-electron chi connectivity index (χ1n) is 7.62. The average Bonchev–Trinajstić information content (AvgIpc) is 3.04. The van der Waals surface area contributed by atoms with Gasteiger partial charge >= 0.3 is 0 Å². The van der Waals surface area contributed by atoms with Gasteiger partial charge in [-0.25, -0.2) is 9.37 Å². The fourth-order valence-corrected chi connectivity index (χ4v) is 3.02. The smallest absolute Gasteiger partial charge is 0.165 e. The molecule has 3 aromatic heterocycles. The van der Waals surface area contributed by atoms with Gasteiger partial charge in [0.1, 0.15) is 0 Å². The van der Waals surface area contributed by atoms with Crippen LogP contribution in [0.4, 0.5) is 15.9 Å². The van der Waals surface area contributed by atoms with Crippen molar-refractivity contribution in [2.45, 2.75) is 12.5 Å². The lowest BCUT2D eigenvalue weighted by molar-refractivity contribution is 0.615. The van der Waals surface area contributed by atoms with Crippen molar-refractivity contribution in [3.63, 3.8) is 0 Å². The minimum Gasteiger partial charge on any atom is -0.380 e. The first-order valence-corrected chi connectivity index (χ1v) is 7.62. The lowest BCUT2D eigenvalue weighted by Crippen LogP contribution is -2.27. The van der Waals surface area contributed by atoms with Gasteiger partial charge in [0, 0.05) is 55.0 Å². The van der Waals surface area contributed by atoms with E-state index in [1.807, 2.05) is 23.2 Å². The molecule has 1 unspecified atom stereocenters. The van der Waals surface area contributed by atoms with Crippen molar-refractivity contribution in [1.29, 1.82) is 0 Å². The standard InChI is InChI=1S/C17H16FN5/c18-14-2-1-6-21-17(14)23-9-5-12(11-23)22-16-4-8-20-15-3-7-19-10-13(15)16/h1-4,6-8,10,12H,5,9,11H2,(H,20,22). The van der Waals surface area contributed by atoms with Gasteiger partial charge in [0.2, 0.25) is 0 Å². The zero-order valence-corrected chi connectivity index (χ0v) is 12.5. The van der Waals surface area contributed by atoms with Crippen LogP contribution in [-0.2, 0) is 0 Å². The molecule has 6 heteroatoms. The molecule has 0 saturated carbocycles. The molecule has 1 fully saturated rings. The van der Waals surface area contributed by atoms with E-state index in [4.69, 9.17) is 0 Å². The van der Waals surface area contributed by atoms with Crippen LogP contribution in [-0.4, -0.2) is 34.1 Å². The molecule has 1 aliphatic rings. The molecule has 0 spiro atoms. The molecule has 3 aromatic rings. The molecule has 1 N–H and O–H groups in total. The molecule has 0 amide bonds. The molecule has 0 aromatic carbocycles. The summed E-state index contributed by atoms with van der Waals surface area (Å²) in [5.41, 5.74) is 1.92. The fraction of sp³-hybridized carbons (Fsp3) is 0.235. The number of anilines is 2. The van der Waals surface area contributed by atoms with Crippen molar-refractivity contribution < 1.29 is 4.39 Å². The van der Waals surface area contributed by atoms with E-state index < -0.39 is 0 Å². The second-order valence-electron chi connectivity index (χ2n) is 5.64. The Bertz CT molecular complexity index is 833. The topological polar surface area (TPSA) is 53.9 Å². The summed E-state index contributed by atoms with van der Waals surface area (Å²) in [6, 6.07) is 7.15. The maximum Gasteiger partial charge on any atom is 0.165 e. The molecule has 1 saturated heterocycles. The lowest BCUT2D eigenvalue weighted by Gasteiger charge is -2.19. The summed E-state index contributed by atoms with van der Waals surface area (Å²) >= 11 is 0. The second kappa shape index (κ2) is 5.79. The number of hydrogen-bond acceptors (Lipinski definition) is 5. The quantitative estimate of drug-likeness (QED) is 0.806. The van der Waals surface area contributed by atoms with Crippen molar-refractivity contribution in [2.75, 3.05) is 23.3 Å². The normalized spacial score (nSPS) is 17.6. The molecule has 1 atom stereocenters. The number of fused-ring (bicyclic) bond motifs is 1. The van der Waals surface area contributed by atoms with Crippen LogP contribution in [0.2, 0.25) is 0 Å². The van der Waals surface area contributed by atoms with E-state index in [2.05, 4.69) is 20.3 Å². The minimum absolute atomic E-state index is 0.238. The van der Waals surface area contributed by atoms with Crippen molar-refractivity contribution in [1.82, 2.24) is 15.0 Å². The number of nitrogens with one attached hydrogen (secondary N) is 1. The van der Waals surface area contributed by atoms with Crippen LogP contribution in [0.25, 0.3) is 10.9 Å². The van der Waals surface area contributed by atoms with Gasteiger partial charge in [-0.3, -0.25) is 9.97 Å². The molecule has 1 aliphatic heterocycles.